The van der Waals surface area contributed by atoms with Gasteiger partial charge in [0.15, 0.2) is 0 Å². The quantitative estimate of drug-likeness (QED) is 0.546. The van der Waals surface area contributed by atoms with Crippen molar-refractivity contribution in [3.05, 3.63) is 95.1 Å². The number of hydrogen-bond acceptors (Lipinski definition) is 4. The fourth-order valence-corrected chi connectivity index (χ4v) is 3.94. The predicted octanol–water partition coefficient (Wildman–Crippen LogP) is 4.44. The molecule has 4 rings (SSSR count). The Kier molecular flexibility index (Phi) is 6.67. The van der Waals surface area contributed by atoms with Gasteiger partial charge in [0.2, 0.25) is 0 Å². The first-order valence-corrected chi connectivity index (χ1v) is 10.6. The topological polar surface area (TPSA) is 50.7 Å². The van der Waals surface area contributed by atoms with Crippen LogP contribution in [0, 0.1) is 6.92 Å². The highest BCUT2D eigenvalue weighted by atomic mass is 16.5. The van der Waals surface area contributed by atoms with Crippen molar-refractivity contribution in [2.24, 2.45) is 0 Å². The van der Waals surface area contributed by atoms with Crippen LogP contribution >= 0.6 is 0 Å². The molecule has 0 bridgehead atoms. The molecular formula is C26H29NO3. The third kappa shape index (κ3) is 5.02. The summed E-state index contributed by atoms with van der Waals surface area (Å²) in [6.07, 6.45) is 0.381. The Morgan fingerprint density at radius 2 is 1.73 bits per heavy atom. The number of nitrogens with one attached hydrogen (secondary N) is 1. The lowest BCUT2D eigenvalue weighted by Gasteiger charge is -2.20. The fourth-order valence-electron chi connectivity index (χ4n) is 3.94. The van der Waals surface area contributed by atoms with Crippen LogP contribution in [0.4, 0.5) is 0 Å². The number of rotatable bonds is 8. The van der Waals surface area contributed by atoms with Crippen LogP contribution in [0.1, 0.15) is 34.6 Å². The molecular weight excluding hydrogens is 374 g/mol. The third-order valence-corrected chi connectivity index (χ3v) is 5.56. The number of benzene rings is 3. The van der Waals surface area contributed by atoms with E-state index in [1.807, 2.05) is 43.3 Å². The van der Waals surface area contributed by atoms with Gasteiger partial charge in [0.25, 0.3) is 0 Å². The van der Waals surface area contributed by atoms with E-state index in [9.17, 15) is 5.11 Å². The highest BCUT2D eigenvalue weighted by molar-refractivity contribution is 5.46. The van der Waals surface area contributed by atoms with Crippen LogP contribution in [0.15, 0.2) is 72.8 Å². The van der Waals surface area contributed by atoms with Gasteiger partial charge in [-0.1, -0.05) is 60.2 Å². The Balaban J connectivity index is 1.32. The van der Waals surface area contributed by atoms with Gasteiger partial charge in [-0.2, -0.15) is 0 Å². The van der Waals surface area contributed by atoms with E-state index in [2.05, 4.69) is 41.7 Å². The molecule has 0 saturated carbocycles. The Bertz CT molecular complexity index is 907. The van der Waals surface area contributed by atoms with Gasteiger partial charge >= 0.3 is 0 Å². The fraction of sp³-hybridized carbons (Fsp3) is 0.308. The second kappa shape index (κ2) is 9.79. The zero-order valence-corrected chi connectivity index (χ0v) is 17.4. The van der Waals surface area contributed by atoms with Crippen molar-refractivity contribution in [2.75, 3.05) is 19.7 Å². The van der Waals surface area contributed by atoms with Gasteiger partial charge in [0, 0.05) is 18.0 Å². The van der Waals surface area contributed by atoms with Crippen LogP contribution in [0.3, 0.4) is 0 Å². The minimum Gasteiger partial charge on any atom is -0.491 e. The number of aliphatic hydroxyl groups excluding tert-OH is 1. The summed E-state index contributed by atoms with van der Waals surface area (Å²) in [5.74, 6) is 2.02. The summed E-state index contributed by atoms with van der Waals surface area (Å²) in [6, 6.07) is 24.7. The van der Waals surface area contributed by atoms with Crippen LogP contribution < -0.4 is 14.8 Å². The molecule has 0 spiro atoms. The Labute approximate surface area is 178 Å². The molecule has 1 heterocycles. The first kappa shape index (κ1) is 20.5. The second-order valence-electron chi connectivity index (χ2n) is 7.85. The van der Waals surface area contributed by atoms with E-state index in [1.165, 1.54) is 22.3 Å². The highest BCUT2D eigenvalue weighted by Gasteiger charge is 2.23. The molecule has 1 aliphatic rings. The lowest BCUT2D eigenvalue weighted by Crippen LogP contribution is -2.32. The smallest absolute Gasteiger partial charge is 0.123 e. The molecule has 0 fully saturated rings. The van der Waals surface area contributed by atoms with Gasteiger partial charge in [-0.15, -0.1) is 0 Å². The van der Waals surface area contributed by atoms with E-state index in [4.69, 9.17) is 9.47 Å². The minimum atomic E-state index is -0.552. The number of para-hydroxylation sites is 1. The van der Waals surface area contributed by atoms with Crippen LogP contribution in [-0.4, -0.2) is 30.9 Å². The van der Waals surface area contributed by atoms with E-state index in [1.54, 1.807) is 0 Å². The van der Waals surface area contributed by atoms with E-state index in [0.29, 0.717) is 13.2 Å². The Morgan fingerprint density at radius 1 is 1.00 bits per heavy atom. The van der Waals surface area contributed by atoms with Gasteiger partial charge in [-0.25, -0.2) is 0 Å². The van der Waals surface area contributed by atoms with Crippen molar-refractivity contribution in [1.82, 2.24) is 5.32 Å². The summed E-state index contributed by atoms with van der Waals surface area (Å²) in [7, 11) is 0. The summed E-state index contributed by atoms with van der Waals surface area (Å²) in [6.45, 7) is 4.22. The zero-order chi connectivity index (χ0) is 20.8. The highest BCUT2D eigenvalue weighted by Crippen LogP contribution is 2.38. The van der Waals surface area contributed by atoms with Gasteiger partial charge < -0.3 is 19.9 Å². The van der Waals surface area contributed by atoms with Crippen molar-refractivity contribution >= 4 is 0 Å². The molecule has 30 heavy (non-hydrogen) atoms. The number of aryl methyl sites for hydroxylation is 1. The molecule has 3 aromatic rings. The molecule has 2 unspecified atom stereocenters. The van der Waals surface area contributed by atoms with Crippen molar-refractivity contribution in [3.8, 4) is 11.5 Å². The Hall–Kier alpha value is -2.82. The summed E-state index contributed by atoms with van der Waals surface area (Å²) in [5.41, 5.74) is 4.99. The van der Waals surface area contributed by atoms with Crippen molar-refractivity contribution < 1.29 is 14.6 Å². The number of fused-ring (bicyclic) bond motifs is 2. The molecule has 4 heteroatoms. The maximum absolute atomic E-state index is 10.3. The average Bonchev–Trinajstić information content (AvgIpc) is 2.93. The molecule has 2 atom stereocenters. The van der Waals surface area contributed by atoms with Gasteiger partial charge in [0.1, 0.15) is 30.8 Å². The molecule has 0 saturated heterocycles. The van der Waals surface area contributed by atoms with E-state index >= 15 is 0 Å². The average molecular weight is 404 g/mol. The van der Waals surface area contributed by atoms with E-state index in [0.717, 1.165) is 24.5 Å². The Morgan fingerprint density at radius 3 is 2.57 bits per heavy atom. The van der Waals surface area contributed by atoms with Crippen LogP contribution in [-0.2, 0) is 6.61 Å². The molecule has 0 amide bonds. The van der Waals surface area contributed by atoms with Gasteiger partial charge in [-0.05, 0) is 49.2 Å². The monoisotopic (exact) mass is 403 g/mol. The summed E-state index contributed by atoms with van der Waals surface area (Å²) < 4.78 is 11.7. The number of ether oxygens (including phenoxy) is 2. The molecule has 1 aliphatic heterocycles. The van der Waals surface area contributed by atoms with Crippen LogP contribution in [0.5, 0.6) is 11.5 Å². The van der Waals surface area contributed by atoms with Gasteiger partial charge in [0.05, 0.1) is 0 Å². The minimum absolute atomic E-state index is 0.272. The zero-order valence-electron chi connectivity index (χ0n) is 17.4. The van der Waals surface area contributed by atoms with E-state index in [-0.39, 0.29) is 12.5 Å². The van der Waals surface area contributed by atoms with Crippen molar-refractivity contribution in [3.63, 3.8) is 0 Å². The van der Waals surface area contributed by atoms with Crippen LogP contribution in [0.25, 0.3) is 0 Å². The summed E-state index contributed by atoms with van der Waals surface area (Å²) in [5, 5.41) is 13.6. The number of aliphatic hydroxyl groups is 1. The molecule has 3 aromatic carbocycles. The van der Waals surface area contributed by atoms with Crippen molar-refractivity contribution in [1.29, 1.82) is 0 Å². The first-order valence-electron chi connectivity index (χ1n) is 10.6. The largest absolute Gasteiger partial charge is 0.491 e. The molecule has 0 radical (unpaired) electrons. The molecule has 4 nitrogen and oxygen atoms in total. The predicted molar refractivity (Wildman–Crippen MR) is 119 cm³/mol. The van der Waals surface area contributed by atoms with Gasteiger partial charge in [-0.3, -0.25) is 0 Å². The maximum Gasteiger partial charge on any atom is 0.123 e. The lowest BCUT2D eigenvalue weighted by atomic mass is 9.86. The lowest BCUT2D eigenvalue weighted by molar-refractivity contribution is 0.106. The SMILES string of the molecule is Cc1ccc(OCC(O)CNCCC2c3ccccc3COc3ccccc32)cc1. The second-order valence-corrected chi connectivity index (χ2v) is 7.85. The standard InChI is InChI=1S/C26H29NO3/c1-19-10-12-22(13-11-19)29-18-21(28)16-27-15-14-24-23-7-3-2-6-20(23)17-30-26-9-5-4-8-25(24)26/h2-13,21,24,27-28H,14-18H2,1H3. The summed E-state index contributed by atoms with van der Waals surface area (Å²) >= 11 is 0. The third-order valence-electron chi connectivity index (χ3n) is 5.56. The molecule has 0 aliphatic carbocycles. The molecule has 156 valence electrons. The first-order chi connectivity index (χ1) is 14.7. The molecule has 2 N–H and O–H groups in total. The van der Waals surface area contributed by atoms with Crippen LogP contribution in [0.2, 0.25) is 0 Å². The normalized spacial score (nSPS) is 16.0. The summed E-state index contributed by atoms with van der Waals surface area (Å²) in [4.78, 5) is 0. The molecule has 0 aromatic heterocycles. The number of hydrogen-bond donors (Lipinski definition) is 2. The van der Waals surface area contributed by atoms with E-state index < -0.39 is 6.10 Å². The maximum atomic E-state index is 10.3. The van der Waals surface area contributed by atoms with Crippen molar-refractivity contribution in [2.45, 2.75) is 32.0 Å².